The van der Waals surface area contributed by atoms with E-state index in [2.05, 4.69) is 20.4 Å². The molecule has 6 rings (SSSR count). The van der Waals surface area contributed by atoms with Crippen molar-refractivity contribution in [2.75, 3.05) is 30.4 Å². The highest BCUT2D eigenvalue weighted by atomic mass is 19.4. The molecule has 1 saturated heterocycles. The number of ether oxygens (including phenoxy) is 1. The molecule has 2 fully saturated rings. The number of alkyl halides is 3. The summed E-state index contributed by atoms with van der Waals surface area (Å²) in [6.07, 6.45) is 2.25. The van der Waals surface area contributed by atoms with Crippen molar-refractivity contribution in [1.82, 2.24) is 25.0 Å². The number of piperidine rings is 1. The molecule has 0 radical (unpaired) electrons. The Morgan fingerprint density at radius 2 is 1.86 bits per heavy atom. The summed E-state index contributed by atoms with van der Waals surface area (Å²) >= 11 is 0. The molecule has 4 heterocycles. The van der Waals surface area contributed by atoms with Crippen molar-refractivity contribution in [3.05, 3.63) is 53.5 Å². The number of hydrogen-bond donors (Lipinski definition) is 1. The highest BCUT2D eigenvalue weighted by molar-refractivity contribution is 5.48. The fourth-order valence-corrected chi connectivity index (χ4v) is 6.25. The van der Waals surface area contributed by atoms with Gasteiger partial charge in [0.25, 0.3) is 0 Å². The van der Waals surface area contributed by atoms with Crippen molar-refractivity contribution in [2.45, 2.75) is 56.8 Å². The van der Waals surface area contributed by atoms with Crippen molar-refractivity contribution in [2.24, 2.45) is 11.8 Å². The predicted molar refractivity (Wildman–Crippen MR) is 132 cm³/mol. The SMILES string of the molecule is COc1cc(N2CC3CC[C@@H](C2)[C@@H]3Nc2nc3n(n2)CCCC[C@@H]3c2cccc(C(F)(F)F)c2)cnn1. The molecule has 37 heavy (non-hydrogen) atoms. The first-order valence-electron chi connectivity index (χ1n) is 12.9. The number of halogens is 3. The van der Waals surface area contributed by atoms with Crippen LogP contribution in [0.3, 0.4) is 0 Å². The van der Waals surface area contributed by atoms with Crippen LogP contribution in [-0.2, 0) is 12.7 Å². The molecule has 8 nitrogen and oxygen atoms in total. The first-order valence-corrected chi connectivity index (χ1v) is 12.9. The Morgan fingerprint density at radius 3 is 2.62 bits per heavy atom. The maximum atomic E-state index is 13.4. The molecule has 196 valence electrons. The predicted octanol–water partition coefficient (Wildman–Crippen LogP) is 4.74. The Kier molecular flexibility index (Phi) is 6.16. The number of aryl methyl sites for hydroxylation is 1. The average molecular weight is 514 g/mol. The van der Waals surface area contributed by atoms with Crippen LogP contribution in [0.1, 0.15) is 55.0 Å². The lowest BCUT2D eigenvalue weighted by atomic mass is 9.92. The minimum Gasteiger partial charge on any atom is -0.480 e. The van der Waals surface area contributed by atoms with Crippen LogP contribution in [0.15, 0.2) is 36.5 Å². The van der Waals surface area contributed by atoms with Gasteiger partial charge < -0.3 is 15.0 Å². The maximum absolute atomic E-state index is 13.4. The van der Waals surface area contributed by atoms with E-state index in [1.165, 1.54) is 12.1 Å². The summed E-state index contributed by atoms with van der Waals surface area (Å²) in [6, 6.07) is 7.83. The van der Waals surface area contributed by atoms with Crippen LogP contribution in [0.2, 0.25) is 0 Å². The summed E-state index contributed by atoms with van der Waals surface area (Å²) in [5, 5.41) is 16.4. The van der Waals surface area contributed by atoms with Gasteiger partial charge in [0.2, 0.25) is 11.8 Å². The topological polar surface area (TPSA) is 81.0 Å². The molecule has 3 aromatic rings. The van der Waals surface area contributed by atoms with Crippen LogP contribution in [0.25, 0.3) is 0 Å². The van der Waals surface area contributed by atoms with Crippen molar-refractivity contribution in [3.63, 3.8) is 0 Å². The second kappa shape index (κ2) is 9.50. The minimum absolute atomic E-state index is 0.208. The lowest BCUT2D eigenvalue weighted by Gasteiger charge is -2.39. The van der Waals surface area contributed by atoms with Gasteiger partial charge in [0.1, 0.15) is 5.82 Å². The Balaban J connectivity index is 1.21. The smallest absolute Gasteiger partial charge is 0.416 e. The van der Waals surface area contributed by atoms with E-state index >= 15 is 0 Å². The van der Waals surface area contributed by atoms with E-state index in [1.54, 1.807) is 19.4 Å². The minimum atomic E-state index is -4.37. The van der Waals surface area contributed by atoms with Gasteiger partial charge in [-0.25, -0.2) is 4.68 Å². The molecule has 2 aliphatic heterocycles. The normalized spacial score (nSPS) is 25.5. The van der Waals surface area contributed by atoms with Gasteiger partial charge in [0, 0.05) is 37.7 Å². The molecule has 2 aromatic heterocycles. The summed E-state index contributed by atoms with van der Waals surface area (Å²) in [5.41, 5.74) is 1.04. The van der Waals surface area contributed by atoms with Crippen molar-refractivity contribution >= 4 is 11.6 Å². The fraction of sp³-hybridized carbons (Fsp3) is 0.538. The lowest BCUT2D eigenvalue weighted by Crippen LogP contribution is -2.48. The van der Waals surface area contributed by atoms with E-state index in [-0.39, 0.29) is 12.0 Å². The molecule has 1 saturated carbocycles. The molecule has 0 amide bonds. The first-order chi connectivity index (χ1) is 17.9. The monoisotopic (exact) mass is 513 g/mol. The van der Waals surface area contributed by atoms with Crippen molar-refractivity contribution in [3.8, 4) is 5.88 Å². The Morgan fingerprint density at radius 1 is 1.05 bits per heavy atom. The van der Waals surface area contributed by atoms with Gasteiger partial charge in [-0.3, -0.25) is 0 Å². The molecule has 4 atom stereocenters. The van der Waals surface area contributed by atoms with E-state index in [9.17, 15) is 13.2 Å². The molecule has 3 aliphatic rings. The number of anilines is 2. The number of methoxy groups -OCH3 is 1. The number of rotatable bonds is 5. The third kappa shape index (κ3) is 4.71. The van der Waals surface area contributed by atoms with Crippen molar-refractivity contribution in [1.29, 1.82) is 0 Å². The van der Waals surface area contributed by atoms with Gasteiger partial charge in [-0.1, -0.05) is 24.6 Å². The third-order valence-electron chi connectivity index (χ3n) is 8.06. The van der Waals surface area contributed by atoms with Crippen LogP contribution in [0.4, 0.5) is 24.8 Å². The summed E-state index contributed by atoms with van der Waals surface area (Å²) < 4.78 is 47.2. The third-order valence-corrected chi connectivity index (χ3v) is 8.06. The van der Waals surface area contributed by atoms with Gasteiger partial charge in [0.15, 0.2) is 0 Å². The Hall–Kier alpha value is -3.37. The summed E-state index contributed by atoms with van der Waals surface area (Å²) in [7, 11) is 1.59. The largest absolute Gasteiger partial charge is 0.480 e. The van der Waals surface area contributed by atoms with E-state index in [1.807, 2.05) is 10.7 Å². The zero-order valence-corrected chi connectivity index (χ0v) is 20.7. The van der Waals surface area contributed by atoms with Crippen LogP contribution >= 0.6 is 0 Å². The molecule has 0 spiro atoms. The summed E-state index contributed by atoms with van der Waals surface area (Å²) in [5.74, 6) is 2.49. The van der Waals surface area contributed by atoms with Gasteiger partial charge in [-0.05, 0) is 49.1 Å². The second-order valence-electron chi connectivity index (χ2n) is 10.3. The second-order valence-corrected chi connectivity index (χ2v) is 10.3. The average Bonchev–Trinajstić information content (AvgIpc) is 3.30. The van der Waals surface area contributed by atoms with Gasteiger partial charge in [-0.2, -0.15) is 23.3 Å². The van der Waals surface area contributed by atoms with Gasteiger partial charge in [0.05, 0.1) is 24.6 Å². The Bertz CT molecular complexity index is 1250. The molecule has 1 N–H and O–H groups in total. The first kappa shape index (κ1) is 24.0. The molecule has 1 unspecified atom stereocenters. The zero-order chi connectivity index (χ0) is 25.6. The Labute approximate surface area is 213 Å². The van der Waals surface area contributed by atoms with E-state index in [0.29, 0.717) is 29.2 Å². The van der Waals surface area contributed by atoms with Crippen LogP contribution in [-0.4, -0.2) is 51.2 Å². The van der Waals surface area contributed by atoms with E-state index in [4.69, 9.17) is 14.8 Å². The summed E-state index contributed by atoms with van der Waals surface area (Å²) in [6.45, 7) is 2.51. The molecule has 11 heteroatoms. The zero-order valence-electron chi connectivity index (χ0n) is 20.7. The standard InChI is InChI=1S/C26H30F3N7O/c1-37-22-12-20(13-30-33-22)35-14-17-8-9-18(15-35)23(17)31-25-32-24-21(7-2-3-10-36(24)34-25)16-5-4-6-19(11-16)26(27,28)29/h4-6,11-13,17-18,21,23H,2-3,7-10,14-15H2,1H3,(H,31,34)/t17-,18?,21+,23-/m0/s1. The van der Waals surface area contributed by atoms with Crippen LogP contribution < -0.4 is 15.0 Å². The number of aromatic nitrogens is 5. The van der Waals surface area contributed by atoms with Gasteiger partial charge in [-0.15, -0.1) is 10.2 Å². The highest BCUT2D eigenvalue weighted by Crippen LogP contribution is 2.41. The molecule has 1 aliphatic carbocycles. The highest BCUT2D eigenvalue weighted by Gasteiger charge is 2.43. The molecule has 2 bridgehead atoms. The quantitative estimate of drug-likeness (QED) is 0.528. The van der Waals surface area contributed by atoms with Crippen molar-refractivity contribution < 1.29 is 17.9 Å². The number of benzene rings is 1. The lowest BCUT2D eigenvalue weighted by molar-refractivity contribution is -0.137. The maximum Gasteiger partial charge on any atom is 0.416 e. The summed E-state index contributed by atoms with van der Waals surface area (Å²) in [4.78, 5) is 7.21. The van der Waals surface area contributed by atoms with Gasteiger partial charge >= 0.3 is 6.18 Å². The molecule has 1 aromatic carbocycles. The fourth-order valence-electron chi connectivity index (χ4n) is 6.25. The van der Waals surface area contributed by atoms with Crippen LogP contribution in [0.5, 0.6) is 5.88 Å². The molecular formula is C26H30F3N7O. The number of nitrogens with one attached hydrogen (secondary N) is 1. The van der Waals surface area contributed by atoms with E-state index in [0.717, 1.165) is 69.3 Å². The number of nitrogens with zero attached hydrogens (tertiary/aromatic N) is 6. The van der Waals surface area contributed by atoms with E-state index < -0.39 is 11.7 Å². The number of fused-ring (bicyclic) bond motifs is 3. The van der Waals surface area contributed by atoms with Crippen LogP contribution in [0, 0.1) is 11.8 Å². The number of hydrogen-bond acceptors (Lipinski definition) is 7. The molecular weight excluding hydrogens is 483 g/mol.